The summed E-state index contributed by atoms with van der Waals surface area (Å²) in [6.07, 6.45) is 3.68. The molecule has 0 aliphatic carbocycles. The summed E-state index contributed by atoms with van der Waals surface area (Å²) in [6, 6.07) is 10.3. The molecule has 18 heavy (non-hydrogen) atoms. The first-order chi connectivity index (χ1) is 8.76. The van der Waals surface area contributed by atoms with Crippen LogP contribution in [0.25, 0.3) is 0 Å². The van der Waals surface area contributed by atoms with Crippen LogP contribution in [0.1, 0.15) is 22.7 Å². The van der Waals surface area contributed by atoms with Gasteiger partial charge < -0.3 is 10.1 Å². The Balaban J connectivity index is 2.39. The molecule has 94 valence electrons. The van der Waals surface area contributed by atoms with E-state index in [9.17, 15) is 0 Å². The standard InChI is InChI=1S/C15H18N2O/c1-11-9-13(18-3)6-7-14(11)15(16-2)12-5-4-8-17-10-12/h4-10,15-16H,1-3H3. The maximum absolute atomic E-state index is 5.24. The van der Waals surface area contributed by atoms with E-state index in [1.807, 2.05) is 25.4 Å². The summed E-state index contributed by atoms with van der Waals surface area (Å²) in [5.74, 6) is 0.886. The van der Waals surface area contributed by atoms with Gasteiger partial charge in [-0.2, -0.15) is 0 Å². The lowest BCUT2D eigenvalue weighted by molar-refractivity contribution is 0.414. The molecular weight excluding hydrogens is 224 g/mol. The Kier molecular flexibility index (Phi) is 3.95. The normalized spacial score (nSPS) is 12.2. The average Bonchev–Trinajstić information content (AvgIpc) is 2.42. The zero-order valence-corrected chi connectivity index (χ0v) is 11.0. The molecule has 1 atom stereocenters. The monoisotopic (exact) mass is 242 g/mol. The van der Waals surface area contributed by atoms with Gasteiger partial charge in [0.25, 0.3) is 0 Å². The largest absolute Gasteiger partial charge is 0.497 e. The zero-order valence-electron chi connectivity index (χ0n) is 11.0. The number of aryl methyl sites for hydroxylation is 1. The molecule has 0 fully saturated rings. The summed E-state index contributed by atoms with van der Waals surface area (Å²) in [5, 5.41) is 3.33. The van der Waals surface area contributed by atoms with Crippen LogP contribution in [0, 0.1) is 6.92 Å². The molecule has 3 nitrogen and oxygen atoms in total. The number of hydrogen-bond acceptors (Lipinski definition) is 3. The van der Waals surface area contributed by atoms with E-state index in [1.54, 1.807) is 13.3 Å². The molecule has 0 saturated carbocycles. The molecular formula is C15H18N2O. The number of ether oxygens (including phenoxy) is 1. The molecule has 3 heteroatoms. The average molecular weight is 242 g/mol. The maximum atomic E-state index is 5.24. The molecule has 0 saturated heterocycles. The van der Waals surface area contributed by atoms with E-state index in [0.717, 1.165) is 11.3 Å². The summed E-state index contributed by atoms with van der Waals surface area (Å²) < 4.78 is 5.24. The van der Waals surface area contributed by atoms with Gasteiger partial charge in [0.2, 0.25) is 0 Å². The highest BCUT2D eigenvalue weighted by Crippen LogP contribution is 2.26. The molecule has 2 rings (SSSR count). The molecule has 2 aromatic rings. The summed E-state index contributed by atoms with van der Waals surface area (Å²) in [7, 11) is 3.65. The van der Waals surface area contributed by atoms with Crippen LogP contribution in [0.15, 0.2) is 42.7 Å². The van der Waals surface area contributed by atoms with Crippen molar-refractivity contribution in [3.8, 4) is 5.75 Å². The molecule has 0 bridgehead atoms. The van der Waals surface area contributed by atoms with E-state index in [4.69, 9.17) is 4.74 Å². The Labute approximate surface area is 108 Å². The number of pyridine rings is 1. The van der Waals surface area contributed by atoms with Gasteiger partial charge in [-0.3, -0.25) is 4.98 Å². The molecule has 0 amide bonds. The highest BCUT2D eigenvalue weighted by molar-refractivity contribution is 5.40. The fourth-order valence-electron chi connectivity index (χ4n) is 2.15. The van der Waals surface area contributed by atoms with Crippen LogP contribution in [0.2, 0.25) is 0 Å². The van der Waals surface area contributed by atoms with E-state index >= 15 is 0 Å². The van der Waals surface area contributed by atoms with E-state index in [1.165, 1.54) is 11.1 Å². The van der Waals surface area contributed by atoms with E-state index in [-0.39, 0.29) is 6.04 Å². The second kappa shape index (κ2) is 5.65. The predicted molar refractivity (Wildman–Crippen MR) is 72.9 cm³/mol. The second-order valence-corrected chi connectivity index (χ2v) is 4.23. The van der Waals surface area contributed by atoms with E-state index in [0.29, 0.717) is 0 Å². The smallest absolute Gasteiger partial charge is 0.119 e. The van der Waals surface area contributed by atoms with Crippen molar-refractivity contribution in [1.29, 1.82) is 0 Å². The lowest BCUT2D eigenvalue weighted by Gasteiger charge is -2.19. The molecule has 1 aromatic carbocycles. The van der Waals surface area contributed by atoms with Gasteiger partial charge in [-0.1, -0.05) is 12.1 Å². The van der Waals surface area contributed by atoms with Crippen LogP contribution in [0.5, 0.6) is 5.75 Å². The van der Waals surface area contributed by atoms with Crippen LogP contribution >= 0.6 is 0 Å². The van der Waals surface area contributed by atoms with Crippen molar-refractivity contribution < 1.29 is 4.74 Å². The summed E-state index contributed by atoms with van der Waals surface area (Å²) in [4.78, 5) is 4.18. The number of nitrogens with one attached hydrogen (secondary N) is 1. The number of hydrogen-bond donors (Lipinski definition) is 1. The van der Waals surface area contributed by atoms with Crippen molar-refractivity contribution in [2.24, 2.45) is 0 Å². The Hall–Kier alpha value is -1.87. The van der Waals surface area contributed by atoms with Crippen LogP contribution < -0.4 is 10.1 Å². The third-order valence-electron chi connectivity index (χ3n) is 3.09. The summed E-state index contributed by atoms with van der Waals surface area (Å²) >= 11 is 0. The third-order valence-corrected chi connectivity index (χ3v) is 3.09. The highest BCUT2D eigenvalue weighted by Gasteiger charge is 2.14. The zero-order chi connectivity index (χ0) is 13.0. The topological polar surface area (TPSA) is 34.2 Å². The van der Waals surface area contributed by atoms with Gasteiger partial charge in [0.05, 0.1) is 13.2 Å². The van der Waals surface area contributed by atoms with Gasteiger partial charge in [-0.05, 0) is 48.9 Å². The van der Waals surface area contributed by atoms with Gasteiger partial charge in [0, 0.05) is 12.4 Å². The van der Waals surface area contributed by atoms with Crippen molar-refractivity contribution in [3.05, 3.63) is 59.4 Å². The first-order valence-electron chi connectivity index (χ1n) is 5.98. The summed E-state index contributed by atoms with van der Waals surface area (Å²) in [5.41, 5.74) is 3.61. The number of methoxy groups -OCH3 is 1. The fraction of sp³-hybridized carbons (Fsp3) is 0.267. The lowest BCUT2D eigenvalue weighted by Crippen LogP contribution is -2.18. The number of nitrogens with zero attached hydrogens (tertiary/aromatic N) is 1. The van der Waals surface area contributed by atoms with Crippen molar-refractivity contribution in [2.45, 2.75) is 13.0 Å². The molecule has 1 N–H and O–H groups in total. The molecule has 0 aliphatic rings. The first kappa shape index (κ1) is 12.6. The van der Waals surface area contributed by atoms with Crippen LogP contribution in [0.4, 0.5) is 0 Å². The minimum Gasteiger partial charge on any atom is -0.497 e. The lowest BCUT2D eigenvalue weighted by atomic mass is 9.96. The molecule has 0 radical (unpaired) electrons. The maximum Gasteiger partial charge on any atom is 0.119 e. The second-order valence-electron chi connectivity index (χ2n) is 4.23. The minimum absolute atomic E-state index is 0.157. The quantitative estimate of drug-likeness (QED) is 0.895. The molecule has 1 unspecified atom stereocenters. The molecule has 0 spiro atoms. The van der Waals surface area contributed by atoms with Crippen LogP contribution in [-0.4, -0.2) is 19.1 Å². The van der Waals surface area contributed by atoms with Gasteiger partial charge in [0.15, 0.2) is 0 Å². The van der Waals surface area contributed by atoms with Gasteiger partial charge >= 0.3 is 0 Å². The van der Waals surface area contributed by atoms with Gasteiger partial charge in [-0.25, -0.2) is 0 Å². The van der Waals surface area contributed by atoms with Gasteiger partial charge in [-0.15, -0.1) is 0 Å². The Morgan fingerprint density at radius 1 is 1.28 bits per heavy atom. The minimum atomic E-state index is 0.157. The van der Waals surface area contributed by atoms with Gasteiger partial charge in [0.1, 0.15) is 5.75 Å². The van der Waals surface area contributed by atoms with Crippen molar-refractivity contribution in [2.75, 3.05) is 14.2 Å². The number of rotatable bonds is 4. The Morgan fingerprint density at radius 2 is 2.11 bits per heavy atom. The highest BCUT2D eigenvalue weighted by atomic mass is 16.5. The summed E-state index contributed by atoms with van der Waals surface area (Å²) in [6.45, 7) is 2.10. The predicted octanol–water partition coefficient (Wildman–Crippen LogP) is 2.71. The third kappa shape index (κ3) is 2.51. The molecule has 1 heterocycles. The van der Waals surface area contributed by atoms with E-state index < -0.39 is 0 Å². The van der Waals surface area contributed by atoms with E-state index in [2.05, 4.69) is 35.4 Å². The number of aromatic nitrogens is 1. The van der Waals surface area contributed by atoms with Crippen LogP contribution in [0.3, 0.4) is 0 Å². The Bertz CT molecular complexity index is 511. The fourth-order valence-corrected chi connectivity index (χ4v) is 2.15. The van der Waals surface area contributed by atoms with Crippen molar-refractivity contribution in [3.63, 3.8) is 0 Å². The molecule has 0 aliphatic heterocycles. The first-order valence-corrected chi connectivity index (χ1v) is 5.98. The number of benzene rings is 1. The van der Waals surface area contributed by atoms with Crippen molar-refractivity contribution in [1.82, 2.24) is 10.3 Å². The Morgan fingerprint density at radius 3 is 2.67 bits per heavy atom. The van der Waals surface area contributed by atoms with Crippen molar-refractivity contribution >= 4 is 0 Å². The molecule has 1 aromatic heterocycles. The van der Waals surface area contributed by atoms with Crippen LogP contribution in [-0.2, 0) is 0 Å². The SMILES string of the molecule is CNC(c1cccnc1)c1ccc(OC)cc1C.